The van der Waals surface area contributed by atoms with Gasteiger partial charge >= 0.3 is 5.97 Å². The summed E-state index contributed by atoms with van der Waals surface area (Å²) in [6.07, 6.45) is 7.68. The van der Waals surface area contributed by atoms with Crippen molar-refractivity contribution in [2.45, 2.75) is 82.0 Å². The highest BCUT2D eigenvalue weighted by molar-refractivity contribution is 9.10. The Morgan fingerprint density at radius 2 is 1.90 bits per heavy atom. The number of halogens is 1. The lowest BCUT2D eigenvalue weighted by molar-refractivity contribution is -0.237. The van der Waals surface area contributed by atoms with E-state index in [4.69, 9.17) is 4.74 Å². The number of esters is 1. The maximum absolute atomic E-state index is 12.9. The smallest absolute Gasteiger partial charge is 0.331 e. The number of aliphatic hydroxyl groups is 3. The summed E-state index contributed by atoms with van der Waals surface area (Å²) in [5, 5.41) is 49.7. The van der Waals surface area contributed by atoms with E-state index in [1.54, 1.807) is 18.4 Å². The number of carbonyl (C=O) groups is 2. The number of amides is 1. The number of phenols is 1. The van der Waals surface area contributed by atoms with E-state index >= 15 is 0 Å². The zero-order valence-electron chi connectivity index (χ0n) is 22.6. The van der Waals surface area contributed by atoms with Crippen molar-refractivity contribution in [2.75, 3.05) is 6.61 Å². The zero-order chi connectivity index (χ0) is 28.5. The Balaban J connectivity index is 1.32. The Kier molecular flexibility index (Phi) is 6.72. The zero-order valence-corrected chi connectivity index (χ0v) is 24.2. The molecule has 40 heavy (non-hydrogen) atoms. The maximum atomic E-state index is 12.9. The summed E-state index contributed by atoms with van der Waals surface area (Å²) in [4.78, 5) is 24.7. The molecule has 216 valence electrons. The topological polar surface area (TPSA) is 149 Å². The van der Waals surface area contributed by atoms with E-state index < -0.39 is 34.0 Å². The van der Waals surface area contributed by atoms with Crippen LogP contribution in [0.4, 0.5) is 0 Å². The van der Waals surface area contributed by atoms with E-state index in [2.05, 4.69) is 33.4 Å². The van der Waals surface area contributed by atoms with Crippen LogP contribution in [0, 0.1) is 28.6 Å². The van der Waals surface area contributed by atoms with Crippen LogP contribution >= 0.6 is 15.9 Å². The van der Waals surface area contributed by atoms with Crippen LogP contribution in [0.25, 0.3) is 0 Å². The standard InChI is InChI=1S/C30H37BrN2O7/c1-27-8-5-22-23(30(27,39)11-7-21(27)17-12-25(36)40-15-17)6-10-29(38)14-19(34)4-9-28(22,29)16-32-33-26(37)20-13-18(31)2-3-24(20)35/h2-3,12-13,16,19,21-23,34-35,38-39H,4-11,14-15H2,1H3,(H,33,37)/b32-16-/t19-,21+,22+,23-,27-,28+,29+,30-/m1/s1. The number of rotatable bonds is 4. The van der Waals surface area contributed by atoms with Crippen molar-refractivity contribution in [1.29, 1.82) is 0 Å². The van der Waals surface area contributed by atoms with E-state index in [9.17, 15) is 30.0 Å². The van der Waals surface area contributed by atoms with Gasteiger partial charge in [-0.2, -0.15) is 5.10 Å². The average Bonchev–Trinajstić information content (AvgIpc) is 3.45. The fourth-order valence-corrected chi connectivity index (χ4v) is 9.68. The summed E-state index contributed by atoms with van der Waals surface area (Å²) < 4.78 is 5.86. The number of hydrazone groups is 1. The van der Waals surface area contributed by atoms with Gasteiger partial charge in [-0.15, -0.1) is 0 Å². The first-order chi connectivity index (χ1) is 18.9. The first kappa shape index (κ1) is 27.9. The van der Waals surface area contributed by atoms with Gasteiger partial charge in [0, 0.05) is 34.0 Å². The molecule has 4 saturated carbocycles. The van der Waals surface area contributed by atoms with Crippen LogP contribution in [0.15, 0.2) is 39.4 Å². The van der Waals surface area contributed by atoms with Gasteiger partial charge in [0.1, 0.15) is 12.4 Å². The van der Waals surface area contributed by atoms with Crippen molar-refractivity contribution in [2.24, 2.45) is 33.7 Å². The molecule has 9 nitrogen and oxygen atoms in total. The molecule has 0 bridgehead atoms. The number of fused-ring (bicyclic) bond motifs is 5. The van der Waals surface area contributed by atoms with Crippen LogP contribution in [0.1, 0.15) is 75.1 Å². The van der Waals surface area contributed by atoms with Gasteiger partial charge in [0.05, 0.1) is 22.9 Å². The Labute approximate surface area is 241 Å². The monoisotopic (exact) mass is 616 g/mol. The molecule has 1 amide bonds. The van der Waals surface area contributed by atoms with Crippen molar-refractivity contribution in [1.82, 2.24) is 5.43 Å². The van der Waals surface area contributed by atoms with Crippen LogP contribution in [0.5, 0.6) is 5.75 Å². The van der Waals surface area contributed by atoms with E-state index in [0.717, 1.165) is 18.4 Å². The molecule has 5 N–H and O–H groups in total. The second kappa shape index (κ2) is 9.64. The summed E-state index contributed by atoms with van der Waals surface area (Å²) in [6.45, 7) is 2.42. The average molecular weight is 618 g/mol. The molecule has 6 rings (SSSR count). The van der Waals surface area contributed by atoms with Gasteiger partial charge in [-0.25, -0.2) is 10.2 Å². The Bertz CT molecular complexity index is 1300. The molecular weight excluding hydrogens is 580 g/mol. The number of nitrogens with zero attached hydrogens (tertiary/aromatic N) is 1. The van der Waals surface area contributed by atoms with Crippen molar-refractivity contribution < 1.29 is 34.8 Å². The molecule has 0 unspecified atom stereocenters. The highest BCUT2D eigenvalue weighted by atomic mass is 79.9. The highest BCUT2D eigenvalue weighted by Gasteiger charge is 2.71. The Hall–Kier alpha value is -2.27. The molecule has 4 fully saturated rings. The van der Waals surface area contributed by atoms with Gasteiger partial charge in [-0.3, -0.25) is 4.79 Å². The molecule has 0 aromatic heterocycles. The minimum Gasteiger partial charge on any atom is -0.507 e. The number of phenolic OH excluding ortho intramolecular Hbond substituents is 1. The number of benzene rings is 1. The van der Waals surface area contributed by atoms with Crippen LogP contribution < -0.4 is 5.43 Å². The third-order valence-corrected chi connectivity index (χ3v) is 11.8. The van der Waals surface area contributed by atoms with Gasteiger partial charge in [-0.05, 0) is 92.9 Å². The van der Waals surface area contributed by atoms with E-state index in [1.165, 1.54) is 12.1 Å². The SMILES string of the molecule is C[C@]12CC[C@H]3[C@@H](CC[C@]4(O)C[C@H](O)CC[C@]34/C=N\NC(=O)c3cc(Br)ccc3O)[C@]1(O)CC[C@H]2C1=CC(=O)OC1. The predicted molar refractivity (Wildman–Crippen MR) is 149 cm³/mol. The third kappa shape index (κ3) is 4.01. The summed E-state index contributed by atoms with van der Waals surface area (Å²) >= 11 is 3.31. The van der Waals surface area contributed by atoms with E-state index in [-0.39, 0.29) is 48.1 Å². The minimum absolute atomic E-state index is 0.0562. The molecule has 8 atom stereocenters. The van der Waals surface area contributed by atoms with Crippen LogP contribution in [0.2, 0.25) is 0 Å². The van der Waals surface area contributed by atoms with Gasteiger partial charge in [0.15, 0.2) is 0 Å². The maximum Gasteiger partial charge on any atom is 0.331 e. The number of aromatic hydroxyl groups is 1. The van der Waals surface area contributed by atoms with Crippen molar-refractivity contribution in [3.8, 4) is 5.75 Å². The number of nitrogens with one attached hydrogen (secondary N) is 1. The van der Waals surface area contributed by atoms with Crippen LogP contribution in [-0.2, 0) is 9.53 Å². The van der Waals surface area contributed by atoms with Gasteiger partial charge < -0.3 is 25.2 Å². The fourth-order valence-electron chi connectivity index (χ4n) is 9.32. The molecule has 10 heteroatoms. The molecular formula is C30H37BrN2O7. The second-order valence-corrected chi connectivity index (χ2v) is 13.8. The fraction of sp³-hybridized carbons (Fsp3) is 0.633. The summed E-state index contributed by atoms with van der Waals surface area (Å²) in [5.74, 6) is -1.22. The quantitative estimate of drug-likeness (QED) is 0.197. The number of carbonyl (C=O) groups excluding carboxylic acids is 2. The lowest BCUT2D eigenvalue weighted by atomic mass is 9.41. The van der Waals surface area contributed by atoms with Gasteiger partial charge in [0.2, 0.25) is 0 Å². The third-order valence-electron chi connectivity index (χ3n) is 11.3. The van der Waals surface area contributed by atoms with E-state index in [1.807, 2.05) is 0 Å². The highest BCUT2D eigenvalue weighted by Crippen LogP contribution is 2.70. The second-order valence-electron chi connectivity index (χ2n) is 12.9. The molecule has 1 aromatic carbocycles. The van der Waals surface area contributed by atoms with Crippen molar-refractivity contribution in [3.05, 3.63) is 39.9 Å². The molecule has 0 radical (unpaired) electrons. The molecule has 0 spiro atoms. The van der Waals surface area contributed by atoms with E-state index in [0.29, 0.717) is 43.0 Å². The Morgan fingerprint density at radius 1 is 1.12 bits per heavy atom. The summed E-state index contributed by atoms with van der Waals surface area (Å²) in [5.41, 5.74) is 0.0831. The molecule has 1 aromatic rings. The number of aliphatic hydroxyl groups excluding tert-OH is 1. The lowest BCUT2D eigenvalue weighted by Crippen LogP contribution is -2.68. The van der Waals surface area contributed by atoms with Gasteiger partial charge in [-0.1, -0.05) is 22.9 Å². The molecule has 5 aliphatic rings. The van der Waals surface area contributed by atoms with Crippen molar-refractivity contribution in [3.63, 3.8) is 0 Å². The van der Waals surface area contributed by atoms with Crippen LogP contribution in [-0.4, -0.2) is 62.4 Å². The number of cyclic esters (lactones) is 1. The largest absolute Gasteiger partial charge is 0.507 e. The number of hydrogen-bond donors (Lipinski definition) is 5. The molecule has 1 heterocycles. The molecule has 4 aliphatic carbocycles. The normalized spacial score (nSPS) is 42.5. The summed E-state index contributed by atoms with van der Waals surface area (Å²) in [6, 6.07) is 4.56. The molecule has 0 saturated heterocycles. The Morgan fingerprint density at radius 3 is 2.65 bits per heavy atom. The van der Waals surface area contributed by atoms with Crippen molar-refractivity contribution >= 4 is 34.0 Å². The number of ether oxygens (including phenoxy) is 1. The first-order valence-electron chi connectivity index (χ1n) is 14.3. The summed E-state index contributed by atoms with van der Waals surface area (Å²) in [7, 11) is 0. The minimum atomic E-state index is -1.23. The van der Waals surface area contributed by atoms with Gasteiger partial charge in [0.25, 0.3) is 5.91 Å². The van der Waals surface area contributed by atoms with Crippen LogP contribution in [0.3, 0.4) is 0 Å². The first-order valence-corrected chi connectivity index (χ1v) is 15.0. The number of hydrogen-bond acceptors (Lipinski definition) is 8. The predicted octanol–water partition coefficient (Wildman–Crippen LogP) is 3.58. The molecule has 1 aliphatic heterocycles. The lowest BCUT2D eigenvalue weighted by Gasteiger charge is -2.65.